The largest absolute Gasteiger partial charge is 0.371 e. The van der Waals surface area contributed by atoms with Crippen LogP contribution in [0, 0.1) is 5.82 Å². The van der Waals surface area contributed by atoms with Crippen molar-refractivity contribution in [3.8, 4) is 0 Å². The van der Waals surface area contributed by atoms with Crippen LogP contribution in [0.5, 0.6) is 0 Å². The number of anilines is 1. The van der Waals surface area contributed by atoms with Gasteiger partial charge in [0.05, 0.1) is 30.4 Å². The number of nitrogens with zero attached hydrogens (tertiary/aromatic N) is 3. The van der Waals surface area contributed by atoms with Gasteiger partial charge in [-0.15, -0.1) is 0 Å². The monoisotopic (exact) mass is 356 g/mol. The van der Waals surface area contributed by atoms with E-state index >= 15 is 0 Å². The fraction of sp³-hybridized carbons (Fsp3) is 0.421. The normalized spacial score (nSPS) is 25.4. The van der Waals surface area contributed by atoms with Gasteiger partial charge in [0.15, 0.2) is 11.6 Å². The molecule has 1 N–H and O–H groups in total. The first-order valence-electron chi connectivity index (χ1n) is 8.86. The summed E-state index contributed by atoms with van der Waals surface area (Å²) in [6.45, 7) is 1.74. The van der Waals surface area contributed by atoms with E-state index in [1.807, 2.05) is 4.90 Å². The minimum Gasteiger partial charge on any atom is -0.371 e. The lowest BCUT2D eigenvalue weighted by atomic mass is 9.88. The van der Waals surface area contributed by atoms with E-state index in [0.717, 1.165) is 19.3 Å². The number of aromatic nitrogens is 2. The molecule has 2 aromatic rings. The van der Waals surface area contributed by atoms with Gasteiger partial charge in [0.1, 0.15) is 0 Å². The molecule has 2 aliphatic rings. The van der Waals surface area contributed by atoms with Crippen LogP contribution in [0.4, 0.5) is 10.2 Å². The highest BCUT2D eigenvalue weighted by Crippen LogP contribution is 2.36. The Balaban J connectivity index is 1.43. The Hall–Kier alpha value is -2.54. The third-order valence-corrected chi connectivity index (χ3v) is 5.04. The zero-order chi connectivity index (χ0) is 18.0. The van der Waals surface area contributed by atoms with Crippen molar-refractivity contribution in [1.29, 1.82) is 0 Å². The van der Waals surface area contributed by atoms with E-state index in [1.54, 1.807) is 36.8 Å². The highest BCUT2D eigenvalue weighted by atomic mass is 19.1. The molecule has 2 fully saturated rings. The molecule has 2 saturated heterocycles. The van der Waals surface area contributed by atoms with Crippen molar-refractivity contribution in [2.24, 2.45) is 0 Å². The number of nitrogens with one attached hydrogen (secondary N) is 1. The molecule has 4 heterocycles. The van der Waals surface area contributed by atoms with Crippen LogP contribution < -0.4 is 5.32 Å². The number of ether oxygens (including phenoxy) is 1. The van der Waals surface area contributed by atoms with Crippen LogP contribution in [0.25, 0.3) is 0 Å². The van der Waals surface area contributed by atoms with E-state index in [0.29, 0.717) is 25.3 Å². The summed E-state index contributed by atoms with van der Waals surface area (Å²) < 4.78 is 19.9. The van der Waals surface area contributed by atoms with Crippen LogP contribution >= 0.6 is 0 Å². The lowest BCUT2D eigenvalue weighted by Crippen LogP contribution is -2.50. The standard InChI is InChI=1S/C19H21FN4O2/c20-16-5-2-8-22-17(16)23-15-10-19(26-12-15)6-3-9-24(13-19)18(25)14-4-1-7-21-11-14/h1-2,4-5,7-8,11,15H,3,6,9-10,12-13H2,(H,22,23)/t15-,19-/m0/s1. The second-order valence-electron chi connectivity index (χ2n) is 6.95. The van der Waals surface area contributed by atoms with Gasteiger partial charge in [-0.25, -0.2) is 9.37 Å². The predicted octanol–water partition coefficient (Wildman–Crippen LogP) is 2.49. The predicted molar refractivity (Wildman–Crippen MR) is 94.3 cm³/mol. The van der Waals surface area contributed by atoms with Gasteiger partial charge < -0.3 is 15.0 Å². The molecule has 6 nitrogen and oxygen atoms in total. The molecule has 26 heavy (non-hydrogen) atoms. The highest BCUT2D eigenvalue weighted by Gasteiger charge is 2.44. The number of pyridine rings is 2. The van der Waals surface area contributed by atoms with Crippen molar-refractivity contribution >= 4 is 11.7 Å². The summed E-state index contributed by atoms with van der Waals surface area (Å²) in [6.07, 6.45) is 7.31. The molecular weight excluding hydrogens is 335 g/mol. The van der Waals surface area contributed by atoms with E-state index < -0.39 is 0 Å². The van der Waals surface area contributed by atoms with Crippen LogP contribution in [0.15, 0.2) is 42.9 Å². The lowest BCUT2D eigenvalue weighted by Gasteiger charge is -2.39. The highest BCUT2D eigenvalue weighted by molar-refractivity contribution is 5.94. The van der Waals surface area contributed by atoms with Gasteiger partial charge >= 0.3 is 0 Å². The van der Waals surface area contributed by atoms with Crippen molar-refractivity contribution < 1.29 is 13.9 Å². The number of rotatable bonds is 3. The van der Waals surface area contributed by atoms with Gasteiger partial charge in [-0.3, -0.25) is 9.78 Å². The van der Waals surface area contributed by atoms with Crippen molar-refractivity contribution in [2.45, 2.75) is 30.9 Å². The summed E-state index contributed by atoms with van der Waals surface area (Å²) in [5, 5.41) is 3.13. The van der Waals surface area contributed by atoms with Crippen LogP contribution in [0.3, 0.4) is 0 Å². The molecule has 2 aliphatic heterocycles. The zero-order valence-electron chi connectivity index (χ0n) is 14.4. The number of amides is 1. The van der Waals surface area contributed by atoms with Crippen molar-refractivity contribution in [2.75, 3.05) is 25.0 Å². The van der Waals surface area contributed by atoms with Gasteiger partial charge in [0, 0.05) is 31.6 Å². The second kappa shape index (κ2) is 6.99. The third kappa shape index (κ3) is 3.39. The summed E-state index contributed by atoms with van der Waals surface area (Å²) in [5.41, 5.74) is 0.215. The van der Waals surface area contributed by atoms with E-state index in [9.17, 15) is 9.18 Å². The smallest absolute Gasteiger partial charge is 0.255 e. The fourth-order valence-electron chi connectivity index (χ4n) is 3.85. The molecule has 0 radical (unpaired) electrons. The second-order valence-corrected chi connectivity index (χ2v) is 6.95. The summed E-state index contributed by atoms with van der Waals surface area (Å²) in [4.78, 5) is 22.6. The maximum absolute atomic E-state index is 13.8. The topological polar surface area (TPSA) is 67.4 Å². The van der Waals surface area contributed by atoms with Crippen molar-refractivity contribution in [1.82, 2.24) is 14.9 Å². The summed E-state index contributed by atoms with van der Waals surface area (Å²) >= 11 is 0. The Labute approximate surface area is 151 Å². The van der Waals surface area contributed by atoms with E-state index in [1.165, 1.54) is 6.07 Å². The maximum Gasteiger partial charge on any atom is 0.255 e. The average molecular weight is 356 g/mol. The number of piperidine rings is 1. The number of hydrogen-bond donors (Lipinski definition) is 1. The van der Waals surface area contributed by atoms with E-state index in [2.05, 4.69) is 15.3 Å². The molecule has 0 aromatic carbocycles. The number of hydrogen-bond acceptors (Lipinski definition) is 5. The Morgan fingerprint density at radius 2 is 2.23 bits per heavy atom. The molecule has 136 valence electrons. The van der Waals surface area contributed by atoms with Gasteiger partial charge in [-0.1, -0.05) is 0 Å². The van der Waals surface area contributed by atoms with Crippen LogP contribution in [0.2, 0.25) is 0 Å². The molecule has 0 saturated carbocycles. The van der Waals surface area contributed by atoms with Crippen molar-refractivity contribution in [3.63, 3.8) is 0 Å². The minimum atomic E-state index is -0.376. The first-order valence-corrected chi connectivity index (χ1v) is 8.86. The molecule has 7 heteroatoms. The molecule has 0 unspecified atom stereocenters. The number of carbonyl (C=O) groups is 1. The Bertz CT molecular complexity index is 788. The molecule has 1 spiro atoms. The average Bonchev–Trinajstić information content (AvgIpc) is 3.05. The first-order chi connectivity index (χ1) is 12.7. The molecule has 0 bridgehead atoms. The molecule has 0 aliphatic carbocycles. The van der Waals surface area contributed by atoms with Gasteiger partial charge in [-0.05, 0) is 37.1 Å². The molecule has 2 atom stereocenters. The van der Waals surface area contributed by atoms with Crippen LogP contribution in [0.1, 0.15) is 29.6 Å². The number of halogens is 1. The number of likely N-dealkylation sites (tertiary alicyclic amines) is 1. The first kappa shape index (κ1) is 16.9. The number of carbonyl (C=O) groups excluding carboxylic acids is 1. The molecular formula is C19H21FN4O2. The van der Waals surface area contributed by atoms with Gasteiger partial charge in [0.2, 0.25) is 0 Å². The Morgan fingerprint density at radius 1 is 1.35 bits per heavy atom. The zero-order valence-corrected chi connectivity index (χ0v) is 14.4. The van der Waals surface area contributed by atoms with E-state index in [-0.39, 0.29) is 29.2 Å². The van der Waals surface area contributed by atoms with Crippen LogP contribution in [-0.2, 0) is 4.74 Å². The molecule has 4 rings (SSSR count). The lowest BCUT2D eigenvalue weighted by molar-refractivity contribution is -0.0447. The summed E-state index contributed by atoms with van der Waals surface area (Å²) in [5.74, 6) is -0.143. The van der Waals surface area contributed by atoms with Gasteiger partial charge in [0.25, 0.3) is 5.91 Å². The third-order valence-electron chi connectivity index (χ3n) is 5.04. The van der Waals surface area contributed by atoms with E-state index in [4.69, 9.17) is 4.74 Å². The fourth-order valence-corrected chi connectivity index (χ4v) is 3.85. The summed E-state index contributed by atoms with van der Waals surface area (Å²) in [6, 6.07) is 6.47. The quantitative estimate of drug-likeness (QED) is 0.915. The van der Waals surface area contributed by atoms with Crippen molar-refractivity contribution in [3.05, 3.63) is 54.2 Å². The minimum absolute atomic E-state index is 0.0204. The maximum atomic E-state index is 13.8. The molecule has 1 amide bonds. The summed E-state index contributed by atoms with van der Waals surface area (Å²) in [7, 11) is 0. The molecule has 2 aromatic heterocycles. The van der Waals surface area contributed by atoms with Crippen LogP contribution in [-0.4, -0.2) is 52.1 Å². The SMILES string of the molecule is O=C(c1cccnc1)N1CCC[C@]2(C[C@H](Nc3ncccc3F)CO2)C1. The van der Waals surface area contributed by atoms with Gasteiger partial charge in [-0.2, -0.15) is 0 Å². The Morgan fingerprint density at radius 3 is 3.04 bits per heavy atom. The Kier molecular flexibility index (Phi) is 4.55.